The van der Waals surface area contributed by atoms with Crippen molar-refractivity contribution in [3.05, 3.63) is 72.3 Å². The van der Waals surface area contributed by atoms with Crippen LogP contribution < -0.4 is 4.74 Å². The molecule has 3 rings (SSSR count). The summed E-state index contributed by atoms with van der Waals surface area (Å²) in [5.41, 5.74) is 0.905. The maximum Gasteiger partial charge on any atom is 0.321 e. The quantitative estimate of drug-likeness (QED) is 0.389. The summed E-state index contributed by atoms with van der Waals surface area (Å²) in [5.74, 6) is 0.458. The summed E-state index contributed by atoms with van der Waals surface area (Å²) in [4.78, 5) is 13.0. The fourth-order valence-electron chi connectivity index (χ4n) is 2.33. The topological polar surface area (TPSA) is 50.1 Å². The molecule has 118 valence electrons. The molecule has 0 N–H and O–H groups in total. The lowest BCUT2D eigenvalue weighted by molar-refractivity contribution is -0.131. The molecule has 0 aliphatic heterocycles. The molecule has 0 unspecified atom stereocenters. The van der Waals surface area contributed by atoms with Gasteiger partial charge in [-0.15, -0.1) is 11.8 Å². The summed E-state index contributed by atoms with van der Waals surface area (Å²) in [5, 5.41) is 11.0. The lowest BCUT2D eigenvalue weighted by Gasteiger charge is -2.06. The molecular formula is C20H15NO2S. The van der Waals surface area contributed by atoms with Gasteiger partial charge < -0.3 is 4.74 Å². The van der Waals surface area contributed by atoms with Crippen molar-refractivity contribution in [3.63, 3.8) is 0 Å². The first-order valence-corrected chi connectivity index (χ1v) is 8.51. The Kier molecular flexibility index (Phi) is 5.15. The maximum absolute atomic E-state index is 12.0. The first kappa shape index (κ1) is 16.1. The molecule has 0 aromatic heterocycles. The van der Waals surface area contributed by atoms with Crippen LogP contribution in [-0.4, -0.2) is 11.7 Å². The highest BCUT2D eigenvalue weighted by Gasteiger charge is 2.07. The van der Waals surface area contributed by atoms with Gasteiger partial charge in [0.2, 0.25) is 0 Å². The van der Waals surface area contributed by atoms with Crippen molar-refractivity contribution in [1.29, 1.82) is 5.26 Å². The Balaban J connectivity index is 1.57. The van der Waals surface area contributed by atoms with E-state index in [9.17, 15) is 4.79 Å². The lowest BCUT2D eigenvalue weighted by Crippen LogP contribution is -2.10. The number of rotatable bonds is 5. The minimum absolute atomic E-state index is 0.248. The smallest absolute Gasteiger partial charge is 0.321 e. The van der Waals surface area contributed by atoms with Crippen LogP contribution in [0.2, 0.25) is 0 Å². The molecular weight excluding hydrogens is 318 g/mol. The van der Waals surface area contributed by atoms with Gasteiger partial charge in [0.25, 0.3) is 0 Å². The highest BCUT2D eigenvalue weighted by Crippen LogP contribution is 2.24. The molecule has 0 radical (unpaired) electrons. The molecule has 0 aliphatic carbocycles. The number of esters is 1. The minimum Gasteiger partial charge on any atom is -0.426 e. The number of benzene rings is 3. The number of fused-ring (bicyclic) bond motifs is 1. The van der Waals surface area contributed by atoms with E-state index in [0.29, 0.717) is 12.2 Å². The fraction of sp³-hybridized carbons (Fsp3) is 0.100. The standard InChI is InChI=1S/C20H15NO2S/c21-12-11-15-5-8-18(9-6-15)23-20(22)14-24-19-10-7-16-3-1-2-4-17(16)13-19/h1-10,13H,11,14H2. The summed E-state index contributed by atoms with van der Waals surface area (Å²) >= 11 is 1.46. The SMILES string of the molecule is N#CCc1ccc(OC(=O)CSc2ccc3ccccc3c2)cc1. The lowest BCUT2D eigenvalue weighted by atomic mass is 10.1. The molecule has 0 spiro atoms. The number of nitriles is 1. The van der Waals surface area contributed by atoms with E-state index in [4.69, 9.17) is 10.00 Å². The third-order valence-corrected chi connectivity index (χ3v) is 4.48. The van der Waals surface area contributed by atoms with Crippen molar-refractivity contribution in [1.82, 2.24) is 0 Å². The van der Waals surface area contributed by atoms with Gasteiger partial charge in [-0.3, -0.25) is 4.79 Å². The molecule has 0 aliphatic rings. The van der Waals surface area contributed by atoms with E-state index in [1.807, 2.05) is 18.2 Å². The summed E-state index contributed by atoms with van der Waals surface area (Å²) in [6, 6.07) is 23.4. The molecule has 0 bridgehead atoms. The third kappa shape index (κ3) is 4.15. The van der Waals surface area contributed by atoms with Gasteiger partial charge in [0.15, 0.2) is 0 Å². The summed E-state index contributed by atoms with van der Waals surface area (Å²) in [6.07, 6.45) is 0.353. The van der Waals surface area contributed by atoms with E-state index in [1.54, 1.807) is 24.3 Å². The van der Waals surface area contributed by atoms with Crippen LogP contribution in [0.4, 0.5) is 0 Å². The predicted octanol–water partition coefficient (Wildman–Crippen LogP) is 4.60. The Labute approximate surface area is 144 Å². The second-order valence-corrected chi connectivity index (χ2v) is 6.30. The maximum atomic E-state index is 12.0. The van der Waals surface area contributed by atoms with Crippen molar-refractivity contribution < 1.29 is 9.53 Å². The van der Waals surface area contributed by atoms with E-state index in [0.717, 1.165) is 15.8 Å². The number of ether oxygens (including phenoxy) is 1. The van der Waals surface area contributed by atoms with E-state index >= 15 is 0 Å². The van der Waals surface area contributed by atoms with Crippen LogP contribution in [-0.2, 0) is 11.2 Å². The Bertz CT molecular complexity index is 897. The zero-order valence-corrected chi connectivity index (χ0v) is 13.8. The zero-order chi connectivity index (χ0) is 16.8. The van der Waals surface area contributed by atoms with E-state index in [1.165, 1.54) is 17.1 Å². The normalized spacial score (nSPS) is 10.3. The second kappa shape index (κ2) is 7.67. The largest absolute Gasteiger partial charge is 0.426 e. The molecule has 4 heteroatoms. The van der Waals surface area contributed by atoms with E-state index < -0.39 is 0 Å². The Morgan fingerprint density at radius 3 is 2.50 bits per heavy atom. The molecule has 0 heterocycles. The molecule has 3 aromatic carbocycles. The Morgan fingerprint density at radius 1 is 1.00 bits per heavy atom. The predicted molar refractivity (Wildman–Crippen MR) is 96.1 cm³/mol. The number of hydrogen-bond donors (Lipinski definition) is 0. The molecule has 3 nitrogen and oxygen atoms in total. The van der Waals surface area contributed by atoms with Crippen LogP contribution >= 0.6 is 11.8 Å². The zero-order valence-electron chi connectivity index (χ0n) is 12.9. The summed E-state index contributed by atoms with van der Waals surface area (Å²) in [6.45, 7) is 0. The monoisotopic (exact) mass is 333 g/mol. The van der Waals surface area contributed by atoms with Gasteiger partial charge in [0, 0.05) is 4.90 Å². The van der Waals surface area contributed by atoms with Gasteiger partial charge in [0.05, 0.1) is 18.2 Å². The number of hydrogen-bond acceptors (Lipinski definition) is 4. The summed E-state index contributed by atoms with van der Waals surface area (Å²) < 4.78 is 5.31. The first-order chi connectivity index (χ1) is 11.7. The first-order valence-electron chi connectivity index (χ1n) is 7.53. The van der Waals surface area contributed by atoms with Gasteiger partial charge in [-0.1, -0.05) is 42.5 Å². The van der Waals surface area contributed by atoms with Gasteiger partial charge in [-0.2, -0.15) is 5.26 Å². The molecule has 3 aromatic rings. The average Bonchev–Trinajstić information content (AvgIpc) is 2.62. The van der Waals surface area contributed by atoms with Gasteiger partial charge in [-0.05, 0) is 40.6 Å². The van der Waals surface area contributed by atoms with Gasteiger partial charge in [-0.25, -0.2) is 0 Å². The van der Waals surface area contributed by atoms with Crippen molar-refractivity contribution in [2.45, 2.75) is 11.3 Å². The van der Waals surface area contributed by atoms with Crippen LogP contribution in [0.1, 0.15) is 5.56 Å². The highest BCUT2D eigenvalue weighted by molar-refractivity contribution is 8.00. The second-order valence-electron chi connectivity index (χ2n) is 5.25. The van der Waals surface area contributed by atoms with Crippen LogP contribution in [0, 0.1) is 11.3 Å². The van der Waals surface area contributed by atoms with Crippen molar-refractivity contribution in [2.24, 2.45) is 0 Å². The molecule has 0 amide bonds. The van der Waals surface area contributed by atoms with Crippen LogP contribution in [0.5, 0.6) is 5.75 Å². The average molecular weight is 333 g/mol. The third-order valence-electron chi connectivity index (χ3n) is 3.52. The molecule has 0 saturated heterocycles. The fourth-order valence-corrected chi connectivity index (χ4v) is 3.05. The number of nitrogens with zero attached hydrogens (tertiary/aromatic N) is 1. The van der Waals surface area contributed by atoms with Crippen molar-refractivity contribution in [2.75, 3.05) is 5.75 Å². The number of carbonyl (C=O) groups excluding carboxylic acids is 1. The highest BCUT2D eigenvalue weighted by atomic mass is 32.2. The van der Waals surface area contributed by atoms with Crippen LogP contribution in [0.25, 0.3) is 10.8 Å². The van der Waals surface area contributed by atoms with Crippen molar-refractivity contribution in [3.8, 4) is 11.8 Å². The van der Waals surface area contributed by atoms with Crippen molar-refractivity contribution >= 4 is 28.5 Å². The van der Waals surface area contributed by atoms with Crippen LogP contribution in [0.3, 0.4) is 0 Å². The summed E-state index contributed by atoms with van der Waals surface area (Å²) in [7, 11) is 0. The van der Waals surface area contributed by atoms with E-state index in [-0.39, 0.29) is 11.7 Å². The molecule has 0 fully saturated rings. The molecule has 0 atom stereocenters. The van der Waals surface area contributed by atoms with Gasteiger partial charge in [0.1, 0.15) is 5.75 Å². The molecule has 0 saturated carbocycles. The number of thioether (sulfide) groups is 1. The van der Waals surface area contributed by atoms with Crippen LogP contribution in [0.15, 0.2) is 71.6 Å². The Morgan fingerprint density at radius 2 is 1.75 bits per heavy atom. The number of carbonyl (C=O) groups is 1. The Hall–Kier alpha value is -2.77. The van der Waals surface area contributed by atoms with E-state index in [2.05, 4.69) is 30.3 Å². The van der Waals surface area contributed by atoms with Gasteiger partial charge >= 0.3 is 5.97 Å². The molecule has 24 heavy (non-hydrogen) atoms. The minimum atomic E-state index is -0.291.